The Hall–Kier alpha value is -1.46. The SMILES string of the molecule is CC1CCC(C(N)=O)CN1C(CN)c1ccccc1F. The third kappa shape index (κ3) is 2.99. The number of hydrogen-bond donors (Lipinski definition) is 2. The highest BCUT2D eigenvalue weighted by atomic mass is 19.1. The molecule has 0 aromatic heterocycles. The molecule has 1 saturated heterocycles. The molecule has 4 N–H and O–H groups in total. The minimum absolute atomic E-state index is 0.174. The zero-order valence-electron chi connectivity index (χ0n) is 11.8. The summed E-state index contributed by atoms with van der Waals surface area (Å²) in [7, 11) is 0. The van der Waals surface area contributed by atoms with Crippen molar-refractivity contribution in [3.8, 4) is 0 Å². The van der Waals surface area contributed by atoms with Crippen molar-refractivity contribution in [1.29, 1.82) is 0 Å². The fourth-order valence-corrected chi connectivity index (χ4v) is 2.99. The highest BCUT2D eigenvalue weighted by Crippen LogP contribution is 2.31. The van der Waals surface area contributed by atoms with Gasteiger partial charge in [-0.15, -0.1) is 0 Å². The van der Waals surface area contributed by atoms with E-state index in [1.807, 2.05) is 0 Å². The van der Waals surface area contributed by atoms with E-state index in [4.69, 9.17) is 11.5 Å². The van der Waals surface area contributed by atoms with Crippen LogP contribution in [0.1, 0.15) is 31.4 Å². The van der Waals surface area contributed by atoms with Crippen molar-refractivity contribution in [3.05, 3.63) is 35.6 Å². The molecule has 0 radical (unpaired) electrons. The van der Waals surface area contributed by atoms with Gasteiger partial charge in [-0.3, -0.25) is 9.69 Å². The first-order chi connectivity index (χ1) is 9.54. The smallest absolute Gasteiger partial charge is 0.221 e. The van der Waals surface area contributed by atoms with Crippen molar-refractivity contribution in [2.24, 2.45) is 17.4 Å². The minimum atomic E-state index is -0.286. The molecule has 5 heteroatoms. The minimum Gasteiger partial charge on any atom is -0.369 e. The van der Waals surface area contributed by atoms with Crippen LogP contribution in [0, 0.1) is 11.7 Å². The second-order valence-electron chi connectivity index (χ2n) is 5.50. The Morgan fingerprint density at radius 2 is 2.15 bits per heavy atom. The molecule has 110 valence electrons. The lowest BCUT2D eigenvalue weighted by Crippen LogP contribution is -2.49. The first-order valence-electron chi connectivity index (χ1n) is 7.04. The number of piperidine rings is 1. The lowest BCUT2D eigenvalue weighted by molar-refractivity contribution is -0.124. The van der Waals surface area contributed by atoms with Crippen LogP contribution in [-0.4, -0.2) is 29.9 Å². The van der Waals surface area contributed by atoms with Crippen molar-refractivity contribution in [3.63, 3.8) is 0 Å². The molecule has 4 nitrogen and oxygen atoms in total. The van der Waals surface area contributed by atoms with Crippen LogP contribution in [0.4, 0.5) is 4.39 Å². The Morgan fingerprint density at radius 1 is 1.45 bits per heavy atom. The maximum Gasteiger partial charge on any atom is 0.221 e. The summed E-state index contributed by atoms with van der Waals surface area (Å²) in [5, 5.41) is 0. The molecule has 1 aromatic carbocycles. The molecule has 0 aliphatic carbocycles. The van der Waals surface area contributed by atoms with Gasteiger partial charge in [0.1, 0.15) is 5.82 Å². The van der Waals surface area contributed by atoms with Crippen LogP contribution >= 0.6 is 0 Å². The van der Waals surface area contributed by atoms with Crippen LogP contribution in [0.15, 0.2) is 24.3 Å². The molecule has 1 fully saturated rings. The number of likely N-dealkylation sites (tertiary alicyclic amines) is 1. The van der Waals surface area contributed by atoms with Gasteiger partial charge < -0.3 is 11.5 Å². The van der Waals surface area contributed by atoms with E-state index in [0.29, 0.717) is 18.7 Å². The summed E-state index contributed by atoms with van der Waals surface area (Å²) in [6.07, 6.45) is 1.67. The van der Waals surface area contributed by atoms with Crippen LogP contribution in [0.25, 0.3) is 0 Å². The van der Waals surface area contributed by atoms with E-state index < -0.39 is 0 Å². The maximum absolute atomic E-state index is 14.0. The van der Waals surface area contributed by atoms with E-state index in [2.05, 4.69) is 11.8 Å². The molecule has 2 rings (SSSR count). The van der Waals surface area contributed by atoms with Crippen LogP contribution in [0.5, 0.6) is 0 Å². The van der Waals surface area contributed by atoms with Crippen LogP contribution in [-0.2, 0) is 4.79 Å². The van der Waals surface area contributed by atoms with Crippen molar-refractivity contribution in [2.75, 3.05) is 13.1 Å². The highest BCUT2D eigenvalue weighted by Gasteiger charge is 2.33. The number of primary amides is 1. The number of halogens is 1. The van der Waals surface area contributed by atoms with Gasteiger partial charge in [0.2, 0.25) is 5.91 Å². The number of amides is 1. The normalized spacial score (nSPS) is 25.4. The number of benzene rings is 1. The van der Waals surface area contributed by atoms with Crippen molar-refractivity contribution < 1.29 is 9.18 Å². The van der Waals surface area contributed by atoms with Crippen molar-refractivity contribution in [2.45, 2.75) is 31.8 Å². The van der Waals surface area contributed by atoms with E-state index in [9.17, 15) is 9.18 Å². The zero-order chi connectivity index (χ0) is 14.7. The molecule has 3 atom stereocenters. The molecule has 1 amide bonds. The van der Waals surface area contributed by atoms with Crippen LogP contribution in [0.3, 0.4) is 0 Å². The van der Waals surface area contributed by atoms with E-state index in [1.54, 1.807) is 18.2 Å². The summed E-state index contributed by atoms with van der Waals surface area (Å²) >= 11 is 0. The third-order valence-electron chi connectivity index (χ3n) is 4.22. The molecular formula is C15H22FN3O. The maximum atomic E-state index is 14.0. The van der Waals surface area contributed by atoms with Crippen LogP contribution < -0.4 is 11.5 Å². The number of rotatable bonds is 4. The Morgan fingerprint density at radius 3 is 2.75 bits per heavy atom. The van der Waals surface area contributed by atoms with Gasteiger partial charge in [-0.1, -0.05) is 18.2 Å². The number of nitrogens with zero attached hydrogens (tertiary/aromatic N) is 1. The fourth-order valence-electron chi connectivity index (χ4n) is 2.99. The molecule has 1 aliphatic heterocycles. The molecule has 1 aromatic rings. The summed E-state index contributed by atoms with van der Waals surface area (Å²) in [4.78, 5) is 13.5. The molecular weight excluding hydrogens is 257 g/mol. The third-order valence-corrected chi connectivity index (χ3v) is 4.22. The van der Waals surface area contributed by atoms with Gasteiger partial charge in [-0.2, -0.15) is 0 Å². The van der Waals surface area contributed by atoms with Crippen molar-refractivity contribution in [1.82, 2.24) is 4.90 Å². The lowest BCUT2D eigenvalue weighted by Gasteiger charge is -2.42. The molecule has 1 aliphatic rings. The summed E-state index contributed by atoms with van der Waals surface area (Å²) in [5.74, 6) is -0.713. The quantitative estimate of drug-likeness (QED) is 0.875. The Kier molecular flexibility index (Phi) is 4.73. The number of hydrogen-bond acceptors (Lipinski definition) is 3. The predicted molar refractivity (Wildman–Crippen MR) is 76.3 cm³/mol. The van der Waals surface area contributed by atoms with Gasteiger partial charge in [-0.05, 0) is 25.8 Å². The molecule has 0 bridgehead atoms. The first kappa shape index (κ1) is 14.9. The second-order valence-corrected chi connectivity index (χ2v) is 5.50. The zero-order valence-corrected chi connectivity index (χ0v) is 11.8. The Bertz CT molecular complexity index is 480. The largest absolute Gasteiger partial charge is 0.369 e. The Labute approximate surface area is 118 Å². The topological polar surface area (TPSA) is 72.4 Å². The van der Waals surface area contributed by atoms with Gasteiger partial charge in [0.15, 0.2) is 0 Å². The van der Waals surface area contributed by atoms with Crippen molar-refractivity contribution >= 4 is 5.91 Å². The van der Waals surface area contributed by atoms with Gasteiger partial charge in [0.05, 0.1) is 12.0 Å². The number of nitrogens with two attached hydrogens (primary N) is 2. The van der Waals surface area contributed by atoms with E-state index in [1.165, 1.54) is 6.07 Å². The molecule has 20 heavy (non-hydrogen) atoms. The highest BCUT2D eigenvalue weighted by molar-refractivity contribution is 5.77. The van der Waals surface area contributed by atoms with E-state index in [-0.39, 0.29) is 29.7 Å². The summed E-state index contributed by atoms with van der Waals surface area (Å²) in [6.45, 7) is 2.95. The van der Waals surface area contributed by atoms with Crippen LogP contribution in [0.2, 0.25) is 0 Å². The van der Waals surface area contributed by atoms with Gasteiger partial charge in [0.25, 0.3) is 0 Å². The first-order valence-corrected chi connectivity index (χ1v) is 7.04. The van der Waals surface area contributed by atoms with Gasteiger partial charge in [-0.25, -0.2) is 4.39 Å². The average molecular weight is 279 g/mol. The standard InChI is InChI=1S/C15H22FN3O/c1-10-6-7-11(15(18)20)9-19(10)14(8-17)12-4-2-3-5-13(12)16/h2-5,10-11,14H,6-9,17H2,1H3,(H2,18,20). The Balaban J connectivity index is 2.25. The lowest BCUT2D eigenvalue weighted by atomic mass is 9.90. The van der Waals surface area contributed by atoms with Gasteiger partial charge >= 0.3 is 0 Å². The monoisotopic (exact) mass is 279 g/mol. The predicted octanol–water partition coefficient (Wildman–Crippen LogP) is 1.41. The number of carbonyl (C=O) groups excluding carboxylic acids is 1. The molecule has 1 heterocycles. The van der Waals surface area contributed by atoms with E-state index in [0.717, 1.165) is 12.8 Å². The van der Waals surface area contributed by atoms with Gasteiger partial charge in [0, 0.05) is 24.7 Å². The second kappa shape index (κ2) is 6.33. The number of carbonyl (C=O) groups is 1. The summed E-state index contributed by atoms with van der Waals surface area (Å²) < 4.78 is 14.0. The summed E-state index contributed by atoms with van der Waals surface area (Å²) in [6, 6.07) is 6.72. The molecule has 0 saturated carbocycles. The summed E-state index contributed by atoms with van der Waals surface area (Å²) in [5.41, 5.74) is 11.9. The van der Waals surface area contributed by atoms with E-state index >= 15 is 0 Å². The fraction of sp³-hybridized carbons (Fsp3) is 0.533. The molecule has 0 spiro atoms. The molecule has 3 unspecified atom stereocenters. The average Bonchev–Trinajstić information content (AvgIpc) is 2.43.